The maximum absolute atomic E-state index is 13.8. The van der Waals surface area contributed by atoms with Crippen molar-refractivity contribution >= 4 is 42.6 Å². The third-order valence-corrected chi connectivity index (χ3v) is 9.29. The number of benzene rings is 2. The van der Waals surface area contributed by atoms with Crippen LogP contribution in [-0.2, 0) is 16.6 Å². The molecule has 2 heterocycles. The number of nitrogens with zero attached hydrogens (tertiary/aromatic N) is 4. The van der Waals surface area contributed by atoms with Crippen molar-refractivity contribution in [1.29, 1.82) is 0 Å². The molecule has 0 radical (unpaired) electrons. The lowest BCUT2D eigenvalue weighted by molar-refractivity contribution is 0.0985. The minimum Gasteiger partial charge on any atom is -0.279 e. The van der Waals surface area contributed by atoms with Gasteiger partial charge < -0.3 is 0 Å². The van der Waals surface area contributed by atoms with Crippen LogP contribution in [-0.4, -0.2) is 41.7 Å². The third kappa shape index (κ3) is 6.46. The molecule has 1 amide bonds. The summed E-state index contributed by atoms with van der Waals surface area (Å²) < 4.78 is 29.3. The van der Waals surface area contributed by atoms with Crippen LogP contribution in [0.2, 0.25) is 0 Å². The van der Waals surface area contributed by atoms with E-state index in [4.69, 9.17) is 4.98 Å². The summed E-state index contributed by atoms with van der Waals surface area (Å²) in [5.74, 6) is -0.248. The summed E-state index contributed by atoms with van der Waals surface area (Å²) in [7, 11) is -3.64. The molecule has 0 aliphatic carbocycles. The average Bonchev–Trinajstić information content (AvgIpc) is 3.35. The number of carbonyl (C=O) groups excluding carboxylic acids is 1. The van der Waals surface area contributed by atoms with Crippen molar-refractivity contribution in [2.24, 2.45) is 0 Å². The lowest BCUT2D eigenvalue weighted by atomic mass is 10.2. The zero-order chi connectivity index (χ0) is 27.1. The van der Waals surface area contributed by atoms with Gasteiger partial charge in [0.25, 0.3) is 5.91 Å². The Hall–Kier alpha value is -3.14. The van der Waals surface area contributed by atoms with E-state index in [0.29, 0.717) is 30.3 Å². The standard InChI is InChI=1S/C29H34N4O3S2/c1-4-6-17-32(18-7-5-2)38(35,36)25-13-11-24(12-14-25)28(34)33(21-23-9-8-16-30-20-23)29-31-26-15-10-22(3)19-27(26)37-29/h8-16,19-20H,4-7,17-18,21H2,1-3H3. The summed E-state index contributed by atoms with van der Waals surface area (Å²) in [6.07, 6.45) is 6.89. The molecule has 0 aliphatic heterocycles. The largest absolute Gasteiger partial charge is 0.279 e. The molecule has 0 unspecified atom stereocenters. The number of sulfonamides is 1. The van der Waals surface area contributed by atoms with Crippen LogP contribution in [0.15, 0.2) is 71.9 Å². The fraction of sp³-hybridized carbons (Fsp3) is 0.345. The van der Waals surface area contributed by atoms with E-state index in [0.717, 1.165) is 47.0 Å². The molecular weight excluding hydrogens is 516 g/mol. The van der Waals surface area contributed by atoms with Crippen LogP contribution in [0, 0.1) is 6.92 Å². The SMILES string of the molecule is CCCCN(CCCC)S(=O)(=O)c1ccc(C(=O)N(Cc2cccnc2)c2nc3ccc(C)cc3s2)cc1. The third-order valence-electron chi connectivity index (χ3n) is 6.33. The molecule has 2 aromatic carbocycles. The van der Waals surface area contributed by atoms with Crippen molar-refractivity contribution in [3.63, 3.8) is 0 Å². The lowest BCUT2D eigenvalue weighted by Gasteiger charge is -2.22. The van der Waals surface area contributed by atoms with E-state index < -0.39 is 10.0 Å². The molecule has 0 saturated heterocycles. The summed E-state index contributed by atoms with van der Waals surface area (Å²) in [6, 6.07) is 16.0. The average molecular weight is 551 g/mol. The Balaban J connectivity index is 1.64. The number of fused-ring (bicyclic) bond motifs is 1. The van der Waals surface area contributed by atoms with Crippen molar-refractivity contribution < 1.29 is 13.2 Å². The number of amides is 1. The monoisotopic (exact) mass is 550 g/mol. The molecule has 0 fully saturated rings. The zero-order valence-corrected chi connectivity index (χ0v) is 23.8. The van der Waals surface area contributed by atoms with Crippen LogP contribution >= 0.6 is 11.3 Å². The van der Waals surface area contributed by atoms with Gasteiger partial charge in [0, 0.05) is 31.0 Å². The van der Waals surface area contributed by atoms with Crippen molar-refractivity contribution in [2.75, 3.05) is 18.0 Å². The lowest BCUT2D eigenvalue weighted by Crippen LogP contribution is -2.33. The molecule has 0 saturated carbocycles. The molecule has 9 heteroatoms. The number of pyridine rings is 1. The van der Waals surface area contributed by atoms with E-state index in [1.165, 1.54) is 23.5 Å². The Labute approximate surface area is 229 Å². The molecule has 7 nitrogen and oxygen atoms in total. The number of aromatic nitrogens is 2. The number of carbonyl (C=O) groups is 1. The molecule has 200 valence electrons. The van der Waals surface area contributed by atoms with Gasteiger partial charge in [-0.2, -0.15) is 4.31 Å². The Morgan fingerprint density at radius 3 is 2.32 bits per heavy atom. The first kappa shape index (κ1) is 27.9. The summed E-state index contributed by atoms with van der Waals surface area (Å²) >= 11 is 1.46. The van der Waals surface area contributed by atoms with Gasteiger partial charge in [0.1, 0.15) is 0 Å². The first-order chi connectivity index (χ1) is 18.3. The first-order valence-electron chi connectivity index (χ1n) is 13.0. The van der Waals surface area contributed by atoms with Crippen molar-refractivity contribution in [3.8, 4) is 0 Å². The Kier molecular flexibility index (Phi) is 9.25. The Bertz CT molecular complexity index is 1460. The van der Waals surface area contributed by atoms with Gasteiger partial charge in [0.15, 0.2) is 5.13 Å². The molecule has 4 aromatic rings. The van der Waals surface area contributed by atoms with E-state index >= 15 is 0 Å². The number of unbranched alkanes of at least 4 members (excludes halogenated alkanes) is 2. The molecule has 0 bridgehead atoms. The van der Waals surface area contributed by atoms with Crippen LogP contribution in [0.1, 0.15) is 61.0 Å². The molecule has 0 aliphatic rings. The molecule has 4 rings (SSSR count). The van der Waals surface area contributed by atoms with Crippen molar-refractivity contribution in [2.45, 2.75) is 57.9 Å². The highest BCUT2D eigenvalue weighted by molar-refractivity contribution is 7.89. The van der Waals surface area contributed by atoms with Gasteiger partial charge in [0.2, 0.25) is 10.0 Å². The van der Waals surface area contributed by atoms with Gasteiger partial charge >= 0.3 is 0 Å². The number of hydrogen-bond donors (Lipinski definition) is 0. The highest BCUT2D eigenvalue weighted by Crippen LogP contribution is 2.31. The fourth-order valence-electron chi connectivity index (χ4n) is 4.13. The summed E-state index contributed by atoms with van der Waals surface area (Å²) in [6.45, 7) is 7.42. The van der Waals surface area contributed by atoms with Crippen LogP contribution in [0.5, 0.6) is 0 Å². The highest BCUT2D eigenvalue weighted by Gasteiger charge is 2.26. The van der Waals surface area contributed by atoms with E-state index in [2.05, 4.69) is 24.9 Å². The van der Waals surface area contributed by atoms with E-state index in [-0.39, 0.29) is 10.8 Å². The quantitative estimate of drug-likeness (QED) is 0.203. The summed E-state index contributed by atoms with van der Waals surface area (Å²) in [5, 5.41) is 0.585. The van der Waals surface area contributed by atoms with Gasteiger partial charge in [-0.15, -0.1) is 0 Å². The Morgan fingerprint density at radius 1 is 0.974 bits per heavy atom. The molecule has 0 N–H and O–H groups in total. The van der Waals surface area contributed by atoms with Crippen LogP contribution < -0.4 is 4.90 Å². The molecule has 38 heavy (non-hydrogen) atoms. The fourth-order valence-corrected chi connectivity index (χ4v) is 6.71. The number of anilines is 1. The number of thiazole rings is 1. The second-order valence-electron chi connectivity index (χ2n) is 9.36. The predicted octanol–water partition coefficient (Wildman–Crippen LogP) is 6.44. The topological polar surface area (TPSA) is 83.5 Å². The number of aryl methyl sites for hydroxylation is 1. The molecule has 0 atom stereocenters. The summed E-state index contributed by atoms with van der Waals surface area (Å²) in [4.78, 5) is 24.5. The zero-order valence-electron chi connectivity index (χ0n) is 22.1. The maximum Gasteiger partial charge on any atom is 0.260 e. The number of rotatable bonds is 12. The second kappa shape index (κ2) is 12.6. The molecule has 0 spiro atoms. The van der Waals surface area contributed by atoms with Gasteiger partial charge in [-0.3, -0.25) is 14.7 Å². The summed E-state index contributed by atoms with van der Waals surface area (Å²) in [5.41, 5.74) is 3.23. The van der Waals surface area contributed by atoms with Gasteiger partial charge in [-0.1, -0.05) is 50.2 Å². The van der Waals surface area contributed by atoms with Crippen molar-refractivity contribution in [3.05, 3.63) is 83.7 Å². The highest BCUT2D eigenvalue weighted by atomic mass is 32.2. The van der Waals surface area contributed by atoms with Crippen molar-refractivity contribution in [1.82, 2.24) is 14.3 Å². The van der Waals surface area contributed by atoms with E-state index in [9.17, 15) is 13.2 Å². The second-order valence-corrected chi connectivity index (χ2v) is 12.3. The maximum atomic E-state index is 13.8. The first-order valence-corrected chi connectivity index (χ1v) is 15.3. The van der Waals surface area contributed by atoms with E-state index in [1.807, 2.05) is 31.2 Å². The van der Waals surface area contributed by atoms with Gasteiger partial charge in [-0.05, 0) is 73.4 Å². The smallest absolute Gasteiger partial charge is 0.260 e. The van der Waals surface area contributed by atoms with Crippen LogP contribution in [0.4, 0.5) is 5.13 Å². The minimum atomic E-state index is -3.64. The normalized spacial score (nSPS) is 11.8. The van der Waals surface area contributed by atoms with E-state index in [1.54, 1.807) is 33.7 Å². The number of hydrogen-bond acceptors (Lipinski definition) is 6. The molecule has 2 aromatic heterocycles. The minimum absolute atomic E-state index is 0.204. The predicted molar refractivity (Wildman–Crippen MR) is 154 cm³/mol. The van der Waals surface area contributed by atoms with Crippen LogP contribution in [0.25, 0.3) is 10.2 Å². The van der Waals surface area contributed by atoms with Gasteiger partial charge in [0.05, 0.1) is 21.7 Å². The Morgan fingerprint density at radius 2 is 1.68 bits per heavy atom. The molecular formula is C29H34N4O3S2. The van der Waals surface area contributed by atoms with Gasteiger partial charge in [-0.25, -0.2) is 13.4 Å². The van der Waals surface area contributed by atoms with Crippen LogP contribution in [0.3, 0.4) is 0 Å².